The van der Waals surface area contributed by atoms with Gasteiger partial charge in [0.15, 0.2) is 11.6 Å². The Bertz CT molecular complexity index is 863. The van der Waals surface area contributed by atoms with Crippen molar-refractivity contribution in [1.82, 2.24) is 4.98 Å². The van der Waals surface area contributed by atoms with Gasteiger partial charge in [0, 0.05) is 22.7 Å². The van der Waals surface area contributed by atoms with Crippen molar-refractivity contribution in [1.29, 1.82) is 0 Å². The van der Waals surface area contributed by atoms with Crippen LogP contribution in [0, 0.1) is 0 Å². The Kier molecular flexibility index (Phi) is 2.48. The summed E-state index contributed by atoms with van der Waals surface area (Å²) in [6.07, 6.45) is 1.72. The molecule has 1 heterocycles. The van der Waals surface area contributed by atoms with Gasteiger partial charge < -0.3 is 0 Å². The van der Waals surface area contributed by atoms with E-state index in [1.807, 2.05) is 30.3 Å². The predicted molar refractivity (Wildman–Crippen MR) is 79.6 cm³/mol. The lowest BCUT2D eigenvalue weighted by atomic mass is 9.97. The summed E-state index contributed by atoms with van der Waals surface area (Å²) >= 11 is 0. The third-order valence-electron chi connectivity index (χ3n) is 3.93. The largest absolute Gasteiger partial charge is 0.293 e. The summed E-state index contributed by atoms with van der Waals surface area (Å²) in [6.45, 7) is 0. The minimum absolute atomic E-state index is 0.154. The third kappa shape index (κ3) is 1.71. The minimum atomic E-state index is -0.799. The number of nitrogens with zero attached hydrogens (tertiary/aromatic N) is 1. The molecule has 0 saturated carbocycles. The van der Waals surface area contributed by atoms with E-state index in [9.17, 15) is 9.59 Å². The smallest absolute Gasteiger partial charge is 0.180 e. The Morgan fingerprint density at radius 1 is 0.762 bits per heavy atom. The summed E-state index contributed by atoms with van der Waals surface area (Å²) in [5.74, 6) is -1.11. The molecule has 0 atom stereocenters. The summed E-state index contributed by atoms with van der Waals surface area (Å²) in [5, 5.41) is 1.98. The maximum atomic E-state index is 12.5. The normalized spacial score (nSPS) is 14.7. The molecular weight excluding hydrogens is 262 g/mol. The highest BCUT2D eigenvalue weighted by atomic mass is 16.2. The molecule has 0 unspecified atom stereocenters. The van der Waals surface area contributed by atoms with Gasteiger partial charge in [-0.3, -0.25) is 14.6 Å². The number of hydrogen-bond donors (Lipinski definition) is 0. The zero-order chi connectivity index (χ0) is 14.4. The molecule has 0 amide bonds. The van der Waals surface area contributed by atoms with E-state index >= 15 is 0 Å². The van der Waals surface area contributed by atoms with Crippen LogP contribution < -0.4 is 0 Å². The van der Waals surface area contributed by atoms with Gasteiger partial charge in [0.25, 0.3) is 0 Å². The van der Waals surface area contributed by atoms with E-state index in [1.54, 1.807) is 30.5 Å². The number of carbonyl (C=O) groups excluding carboxylic acids is 2. The van der Waals surface area contributed by atoms with Crippen LogP contribution >= 0.6 is 0 Å². The van der Waals surface area contributed by atoms with Crippen LogP contribution in [0.25, 0.3) is 10.8 Å². The van der Waals surface area contributed by atoms with Crippen molar-refractivity contribution in [3.63, 3.8) is 0 Å². The molecule has 1 aromatic heterocycles. The lowest BCUT2D eigenvalue weighted by Crippen LogP contribution is -2.14. The number of ketones is 2. The van der Waals surface area contributed by atoms with E-state index in [2.05, 4.69) is 4.98 Å². The van der Waals surface area contributed by atoms with E-state index in [-0.39, 0.29) is 11.6 Å². The SMILES string of the molecule is O=C1c2ccccc2C(=O)C1c1cc2ccccc2cn1. The molecule has 0 aliphatic heterocycles. The maximum Gasteiger partial charge on any atom is 0.180 e. The van der Waals surface area contributed by atoms with Crippen LogP contribution in [0.2, 0.25) is 0 Å². The van der Waals surface area contributed by atoms with Gasteiger partial charge in [0.05, 0.1) is 5.69 Å². The van der Waals surface area contributed by atoms with Crippen LogP contribution in [0.15, 0.2) is 60.8 Å². The van der Waals surface area contributed by atoms with E-state index < -0.39 is 5.92 Å². The van der Waals surface area contributed by atoms with Crippen LogP contribution in [0.4, 0.5) is 0 Å². The number of carbonyl (C=O) groups is 2. The second-order valence-corrected chi connectivity index (χ2v) is 5.16. The molecule has 3 heteroatoms. The average molecular weight is 273 g/mol. The van der Waals surface area contributed by atoms with Gasteiger partial charge in [-0.25, -0.2) is 0 Å². The molecule has 100 valence electrons. The third-order valence-corrected chi connectivity index (χ3v) is 3.93. The first-order valence-corrected chi connectivity index (χ1v) is 6.78. The molecule has 1 aliphatic carbocycles. The highest BCUT2D eigenvalue weighted by molar-refractivity contribution is 6.29. The fourth-order valence-electron chi connectivity index (χ4n) is 2.87. The zero-order valence-electron chi connectivity index (χ0n) is 11.1. The number of pyridine rings is 1. The summed E-state index contributed by atoms with van der Waals surface area (Å²) in [4.78, 5) is 29.3. The van der Waals surface area contributed by atoms with Crippen LogP contribution in [-0.4, -0.2) is 16.6 Å². The molecule has 3 nitrogen and oxygen atoms in total. The summed E-state index contributed by atoms with van der Waals surface area (Å²) in [5.41, 5.74) is 1.53. The lowest BCUT2D eigenvalue weighted by molar-refractivity contribution is 0.0888. The molecule has 0 N–H and O–H groups in total. The lowest BCUT2D eigenvalue weighted by Gasteiger charge is -2.07. The number of hydrogen-bond acceptors (Lipinski definition) is 3. The van der Waals surface area contributed by atoms with Gasteiger partial charge in [-0.1, -0.05) is 48.5 Å². The molecule has 0 saturated heterocycles. The van der Waals surface area contributed by atoms with Crippen LogP contribution in [-0.2, 0) is 0 Å². The van der Waals surface area contributed by atoms with Crippen LogP contribution in [0.5, 0.6) is 0 Å². The Labute approximate surface area is 121 Å². The molecule has 0 fully saturated rings. The molecule has 1 aliphatic rings. The number of benzene rings is 2. The number of aromatic nitrogens is 1. The Hall–Kier alpha value is -2.81. The van der Waals surface area contributed by atoms with E-state index in [0.29, 0.717) is 16.8 Å². The van der Waals surface area contributed by atoms with Gasteiger partial charge in [0.2, 0.25) is 0 Å². The first-order valence-electron chi connectivity index (χ1n) is 6.78. The Balaban J connectivity index is 1.86. The van der Waals surface area contributed by atoms with Gasteiger partial charge >= 0.3 is 0 Å². The zero-order valence-corrected chi connectivity index (χ0v) is 11.1. The van der Waals surface area contributed by atoms with Crippen molar-refractivity contribution in [3.8, 4) is 0 Å². The number of Topliss-reactive ketones (excluding diaryl/α,β-unsaturated/α-hetero) is 2. The van der Waals surface area contributed by atoms with Crippen molar-refractivity contribution in [2.75, 3.05) is 0 Å². The molecule has 0 spiro atoms. The highest BCUT2D eigenvalue weighted by Crippen LogP contribution is 2.33. The standard InChI is InChI=1S/C18H11NO2/c20-17-13-7-3-4-8-14(13)18(21)16(17)15-9-11-5-1-2-6-12(11)10-19-15/h1-10,16H. The monoisotopic (exact) mass is 273 g/mol. The van der Waals surface area contributed by atoms with Crippen LogP contribution in [0.3, 0.4) is 0 Å². The first-order chi connectivity index (χ1) is 10.3. The molecule has 2 aromatic carbocycles. The van der Waals surface area contributed by atoms with Gasteiger partial charge in [-0.05, 0) is 11.5 Å². The van der Waals surface area contributed by atoms with E-state index in [4.69, 9.17) is 0 Å². The predicted octanol–water partition coefficient (Wildman–Crippen LogP) is 3.40. The molecule has 4 rings (SSSR count). The summed E-state index contributed by atoms with van der Waals surface area (Å²) in [7, 11) is 0. The van der Waals surface area contributed by atoms with Crippen molar-refractivity contribution in [3.05, 3.63) is 77.6 Å². The molecular formula is C18H11NO2. The highest BCUT2D eigenvalue weighted by Gasteiger charge is 2.40. The summed E-state index contributed by atoms with van der Waals surface area (Å²) < 4.78 is 0. The fraction of sp³-hybridized carbons (Fsp3) is 0.0556. The summed E-state index contributed by atoms with van der Waals surface area (Å²) in [6, 6.07) is 16.6. The Morgan fingerprint density at radius 2 is 1.33 bits per heavy atom. The van der Waals surface area contributed by atoms with Crippen molar-refractivity contribution in [2.45, 2.75) is 5.92 Å². The molecule has 3 aromatic rings. The number of rotatable bonds is 1. The van der Waals surface area contributed by atoms with E-state index in [1.165, 1.54) is 0 Å². The molecule has 0 radical (unpaired) electrons. The van der Waals surface area contributed by atoms with Crippen molar-refractivity contribution < 1.29 is 9.59 Å². The average Bonchev–Trinajstić information content (AvgIpc) is 2.79. The van der Waals surface area contributed by atoms with E-state index in [0.717, 1.165) is 10.8 Å². The van der Waals surface area contributed by atoms with Gasteiger partial charge in [-0.2, -0.15) is 0 Å². The van der Waals surface area contributed by atoms with Gasteiger partial charge in [-0.15, -0.1) is 0 Å². The fourth-order valence-corrected chi connectivity index (χ4v) is 2.87. The maximum absolute atomic E-state index is 12.5. The van der Waals surface area contributed by atoms with Crippen LogP contribution in [0.1, 0.15) is 32.3 Å². The Morgan fingerprint density at radius 3 is 2.00 bits per heavy atom. The first kappa shape index (κ1) is 12.0. The molecule has 21 heavy (non-hydrogen) atoms. The van der Waals surface area contributed by atoms with Crippen molar-refractivity contribution in [2.24, 2.45) is 0 Å². The second kappa shape index (κ2) is 4.35. The number of fused-ring (bicyclic) bond motifs is 2. The van der Waals surface area contributed by atoms with Crippen molar-refractivity contribution >= 4 is 22.3 Å². The topological polar surface area (TPSA) is 47.0 Å². The second-order valence-electron chi connectivity index (χ2n) is 5.16. The minimum Gasteiger partial charge on any atom is -0.293 e. The quantitative estimate of drug-likeness (QED) is 0.638. The molecule has 0 bridgehead atoms. The van der Waals surface area contributed by atoms with Gasteiger partial charge in [0.1, 0.15) is 5.92 Å².